The number of anilines is 1. The molecule has 0 aliphatic carbocycles. The maximum atomic E-state index is 12.8. The highest BCUT2D eigenvalue weighted by molar-refractivity contribution is 14.1. The summed E-state index contributed by atoms with van der Waals surface area (Å²) >= 11 is 1.99. The summed E-state index contributed by atoms with van der Waals surface area (Å²) in [7, 11) is 0. The lowest BCUT2D eigenvalue weighted by molar-refractivity contribution is -0.140. The van der Waals surface area contributed by atoms with Crippen LogP contribution in [0.4, 0.5) is 18.9 Å². The lowest BCUT2D eigenvalue weighted by Crippen LogP contribution is -2.10. The molecule has 0 bridgehead atoms. The number of pyridine rings is 1. The molecule has 1 aromatic heterocycles. The summed E-state index contributed by atoms with van der Waals surface area (Å²) in [5, 5.41) is 3.65. The van der Waals surface area contributed by atoms with Gasteiger partial charge in [0, 0.05) is 21.2 Å². The van der Waals surface area contributed by atoms with E-state index in [0.29, 0.717) is 26.7 Å². The van der Waals surface area contributed by atoms with Crippen LogP contribution in [0.15, 0.2) is 24.3 Å². The molecule has 1 N–H and O–H groups in total. The molecule has 0 atom stereocenters. The highest BCUT2D eigenvalue weighted by Crippen LogP contribution is 2.34. The number of fused-ring (bicyclic) bond motifs is 1. The van der Waals surface area contributed by atoms with E-state index in [1.165, 1.54) is 0 Å². The molecule has 18 heavy (non-hydrogen) atoms. The summed E-state index contributed by atoms with van der Waals surface area (Å²) < 4.78 is 39.0. The van der Waals surface area contributed by atoms with Crippen molar-refractivity contribution in [1.82, 2.24) is 4.98 Å². The summed E-state index contributed by atoms with van der Waals surface area (Å²) in [6.07, 6.45) is -4.43. The van der Waals surface area contributed by atoms with Crippen LogP contribution in [-0.4, -0.2) is 11.5 Å². The first kappa shape index (κ1) is 13.4. The maximum absolute atomic E-state index is 12.8. The van der Waals surface area contributed by atoms with Crippen LogP contribution in [0.5, 0.6) is 0 Å². The molecule has 0 saturated heterocycles. The molecule has 1 heterocycles. The molecule has 0 saturated carbocycles. The van der Waals surface area contributed by atoms with E-state index >= 15 is 0 Å². The van der Waals surface area contributed by atoms with Crippen molar-refractivity contribution in [2.24, 2.45) is 0 Å². The molecule has 2 nitrogen and oxygen atoms in total. The second-order valence-electron chi connectivity index (χ2n) is 3.72. The predicted octanol–water partition coefficient (Wildman–Crippen LogP) is 4.29. The van der Waals surface area contributed by atoms with Crippen molar-refractivity contribution in [3.63, 3.8) is 0 Å². The zero-order valence-corrected chi connectivity index (χ0v) is 11.6. The summed E-state index contributed by atoms with van der Waals surface area (Å²) in [5.74, 6) is 0. The fourth-order valence-electron chi connectivity index (χ4n) is 1.70. The number of nitrogens with zero attached hydrogens (tertiary/aromatic N) is 1. The normalized spacial score (nSPS) is 11.8. The minimum atomic E-state index is -4.43. The van der Waals surface area contributed by atoms with Gasteiger partial charge in [0.15, 0.2) is 0 Å². The molecule has 6 heteroatoms. The Labute approximate surface area is 116 Å². The average Bonchev–Trinajstić information content (AvgIpc) is 2.29. The summed E-state index contributed by atoms with van der Waals surface area (Å²) in [6, 6.07) is 6.37. The monoisotopic (exact) mass is 366 g/mol. The number of rotatable bonds is 2. The molecule has 0 amide bonds. The number of hydrogen-bond donors (Lipinski definition) is 1. The highest BCUT2D eigenvalue weighted by atomic mass is 127. The highest BCUT2D eigenvalue weighted by Gasteiger charge is 2.33. The Morgan fingerprint density at radius 3 is 2.67 bits per heavy atom. The number of para-hydroxylation sites is 1. The van der Waals surface area contributed by atoms with Gasteiger partial charge in [0.2, 0.25) is 0 Å². The molecule has 96 valence electrons. The van der Waals surface area contributed by atoms with Crippen LogP contribution in [0.25, 0.3) is 10.9 Å². The van der Waals surface area contributed by atoms with Gasteiger partial charge in [-0.2, -0.15) is 13.2 Å². The zero-order valence-electron chi connectivity index (χ0n) is 9.48. The minimum absolute atomic E-state index is 0.379. The number of hydrogen-bond acceptors (Lipinski definition) is 2. The Bertz CT molecular complexity index is 581. The molecular formula is C12H10F3IN2. The number of alkyl halides is 3. The van der Waals surface area contributed by atoms with E-state index in [0.717, 1.165) is 6.07 Å². The van der Waals surface area contributed by atoms with E-state index in [-0.39, 0.29) is 0 Å². The van der Waals surface area contributed by atoms with E-state index in [1.54, 1.807) is 18.2 Å². The van der Waals surface area contributed by atoms with Gasteiger partial charge in [0.25, 0.3) is 0 Å². The lowest BCUT2D eigenvalue weighted by Gasteiger charge is -2.13. The molecule has 0 unspecified atom stereocenters. The largest absolute Gasteiger partial charge is 0.433 e. The van der Waals surface area contributed by atoms with E-state index in [9.17, 15) is 13.2 Å². The fourth-order valence-corrected chi connectivity index (χ4v) is 2.31. The van der Waals surface area contributed by atoms with Crippen molar-refractivity contribution >= 4 is 39.2 Å². The first-order valence-corrected chi connectivity index (χ1v) is 6.41. The topological polar surface area (TPSA) is 24.9 Å². The molecule has 1 aromatic carbocycles. The second kappa shape index (κ2) is 4.91. The third-order valence-electron chi connectivity index (χ3n) is 2.45. The summed E-state index contributed by atoms with van der Waals surface area (Å²) in [6.45, 7) is 2.40. The van der Waals surface area contributed by atoms with Gasteiger partial charge in [-0.15, -0.1) is 0 Å². The molecular weight excluding hydrogens is 356 g/mol. The Morgan fingerprint density at radius 1 is 1.33 bits per heavy atom. The third kappa shape index (κ3) is 2.52. The van der Waals surface area contributed by atoms with Gasteiger partial charge in [-0.05, 0) is 41.6 Å². The maximum Gasteiger partial charge on any atom is 0.433 e. The lowest BCUT2D eigenvalue weighted by atomic mass is 10.1. The predicted molar refractivity (Wildman–Crippen MR) is 73.6 cm³/mol. The van der Waals surface area contributed by atoms with Crippen molar-refractivity contribution in [3.05, 3.63) is 33.5 Å². The molecule has 0 spiro atoms. The van der Waals surface area contributed by atoms with Crippen molar-refractivity contribution in [3.8, 4) is 0 Å². The van der Waals surface area contributed by atoms with Gasteiger partial charge in [-0.25, -0.2) is 4.98 Å². The van der Waals surface area contributed by atoms with Gasteiger partial charge in [-0.3, -0.25) is 0 Å². The molecule has 0 aliphatic rings. The minimum Gasteiger partial charge on any atom is -0.385 e. The Morgan fingerprint density at radius 2 is 2.06 bits per heavy atom. The summed E-state index contributed by atoms with van der Waals surface area (Å²) in [4.78, 5) is 3.72. The van der Waals surface area contributed by atoms with E-state index in [4.69, 9.17) is 0 Å². The van der Waals surface area contributed by atoms with E-state index in [2.05, 4.69) is 10.3 Å². The number of aromatic nitrogens is 1. The van der Waals surface area contributed by atoms with Gasteiger partial charge in [0.1, 0.15) is 5.69 Å². The van der Waals surface area contributed by atoms with Gasteiger partial charge in [0.05, 0.1) is 5.52 Å². The van der Waals surface area contributed by atoms with Crippen molar-refractivity contribution in [2.75, 3.05) is 11.9 Å². The van der Waals surface area contributed by atoms with Gasteiger partial charge < -0.3 is 5.32 Å². The molecule has 2 aromatic rings. The number of nitrogens with one attached hydrogen (secondary N) is 1. The Balaban J connectivity index is 2.75. The quantitative estimate of drug-likeness (QED) is 0.803. The third-order valence-corrected chi connectivity index (χ3v) is 3.32. The van der Waals surface area contributed by atoms with Crippen LogP contribution in [0.3, 0.4) is 0 Å². The van der Waals surface area contributed by atoms with E-state index < -0.39 is 11.9 Å². The second-order valence-corrected chi connectivity index (χ2v) is 4.88. The van der Waals surface area contributed by atoms with Gasteiger partial charge >= 0.3 is 6.18 Å². The first-order chi connectivity index (χ1) is 8.43. The smallest absolute Gasteiger partial charge is 0.385 e. The van der Waals surface area contributed by atoms with Crippen LogP contribution in [0.1, 0.15) is 12.6 Å². The SMILES string of the molecule is CCNc1cc(C(F)(F)F)nc2c(I)cccc12. The Hall–Kier alpha value is -1.05. The molecule has 0 aliphatic heterocycles. The first-order valence-electron chi connectivity index (χ1n) is 5.34. The molecule has 2 rings (SSSR count). The van der Waals surface area contributed by atoms with Crippen LogP contribution < -0.4 is 5.32 Å². The van der Waals surface area contributed by atoms with Crippen molar-refractivity contribution in [2.45, 2.75) is 13.1 Å². The number of benzene rings is 1. The average molecular weight is 366 g/mol. The number of halogens is 4. The molecule has 0 radical (unpaired) electrons. The van der Waals surface area contributed by atoms with Crippen molar-refractivity contribution in [1.29, 1.82) is 0 Å². The molecule has 0 fully saturated rings. The van der Waals surface area contributed by atoms with Crippen molar-refractivity contribution < 1.29 is 13.2 Å². The summed E-state index contributed by atoms with van der Waals surface area (Å²) in [5.41, 5.74) is -0.0210. The zero-order chi connectivity index (χ0) is 13.3. The fraction of sp³-hybridized carbons (Fsp3) is 0.250. The van der Waals surface area contributed by atoms with Crippen LogP contribution >= 0.6 is 22.6 Å². The van der Waals surface area contributed by atoms with Crippen LogP contribution in [-0.2, 0) is 6.18 Å². The van der Waals surface area contributed by atoms with E-state index in [1.807, 2.05) is 29.5 Å². The standard InChI is InChI=1S/C12H10F3IN2/c1-2-17-9-6-10(12(13,14)15)18-11-7(9)4-3-5-8(11)16/h3-6H,2H2,1H3,(H,17,18). The Kier molecular flexibility index (Phi) is 3.65. The van der Waals surface area contributed by atoms with Crippen LogP contribution in [0, 0.1) is 3.57 Å². The van der Waals surface area contributed by atoms with Gasteiger partial charge in [-0.1, -0.05) is 12.1 Å². The van der Waals surface area contributed by atoms with Crippen LogP contribution in [0.2, 0.25) is 0 Å².